The number of nitrogens with one attached hydrogen (secondary N) is 2. The SMILES string of the molecule is CCCCn1c(N)c(N(C)C(=S)Nc2ccc(F)cc2)c(=O)[nH]c1=O. The van der Waals surface area contributed by atoms with Crippen LogP contribution in [0.5, 0.6) is 0 Å². The van der Waals surface area contributed by atoms with Gasteiger partial charge in [0.2, 0.25) is 0 Å². The zero-order valence-electron chi connectivity index (χ0n) is 14.0. The summed E-state index contributed by atoms with van der Waals surface area (Å²) in [4.78, 5) is 27.8. The van der Waals surface area contributed by atoms with E-state index in [0.717, 1.165) is 12.8 Å². The minimum absolute atomic E-state index is 0.0490. The van der Waals surface area contributed by atoms with E-state index in [1.807, 2.05) is 6.92 Å². The van der Waals surface area contributed by atoms with Crippen LogP contribution in [0.4, 0.5) is 21.6 Å². The van der Waals surface area contributed by atoms with Crippen LogP contribution in [0.1, 0.15) is 19.8 Å². The van der Waals surface area contributed by atoms with Crippen molar-refractivity contribution in [3.05, 3.63) is 50.9 Å². The normalized spacial score (nSPS) is 10.5. The molecule has 0 aliphatic heterocycles. The number of halogens is 1. The summed E-state index contributed by atoms with van der Waals surface area (Å²) in [5.74, 6) is -0.318. The number of hydrogen-bond acceptors (Lipinski definition) is 4. The second-order valence-corrected chi connectivity index (χ2v) is 5.88. The van der Waals surface area contributed by atoms with Gasteiger partial charge in [-0.05, 0) is 42.9 Å². The van der Waals surface area contributed by atoms with Gasteiger partial charge < -0.3 is 16.0 Å². The molecule has 0 radical (unpaired) electrons. The minimum atomic E-state index is -0.624. The predicted octanol–water partition coefficient (Wildman–Crippen LogP) is 1.89. The number of anilines is 3. The first-order valence-electron chi connectivity index (χ1n) is 7.78. The molecule has 0 atom stereocenters. The molecule has 25 heavy (non-hydrogen) atoms. The summed E-state index contributed by atoms with van der Waals surface area (Å²) in [6.07, 6.45) is 1.62. The number of rotatable bonds is 5. The maximum Gasteiger partial charge on any atom is 0.330 e. The third-order valence-electron chi connectivity index (χ3n) is 3.68. The van der Waals surface area contributed by atoms with E-state index in [0.29, 0.717) is 12.2 Å². The van der Waals surface area contributed by atoms with E-state index in [1.165, 1.54) is 33.7 Å². The fourth-order valence-electron chi connectivity index (χ4n) is 2.28. The number of thiocarbonyl (C=S) groups is 1. The molecule has 9 heteroatoms. The van der Waals surface area contributed by atoms with Gasteiger partial charge in [-0.3, -0.25) is 14.3 Å². The van der Waals surface area contributed by atoms with Crippen molar-refractivity contribution in [2.24, 2.45) is 0 Å². The van der Waals surface area contributed by atoms with E-state index >= 15 is 0 Å². The van der Waals surface area contributed by atoms with Crippen LogP contribution in [0.15, 0.2) is 33.9 Å². The smallest absolute Gasteiger partial charge is 0.330 e. The van der Waals surface area contributed by atoms with Crippen LogP contribution in [0.2, 0.25) is 0 Å². The molecule has 0 aliphatic carbocycles. The van der Waals surface area contributed by atoms with Crippen molar-refractivity contribution >= 4 is 34.5 Å². The van der Waals surface area contributed by atoms with Gasteiger partial charge >= 0.3 is 5.69 Å². The van der Waals surface area contributed by atoms with E-state index in [2.05, 4.69) is 10.3 Å². The van der Waals surface area contributed by atoms with Crippen LogP contribution in [0.25, 0.3) is 0 Å². The molecule has 2 aromatic rings. The molecule has 0 aliphatic rings. The summed E-state index contributed by atoms with van der Waals surface area (Å²) in [6, 6.07) is 5.62. The van der Waals surface area contributed by atoms with Gasteiger partial charge in [-0.2, -0.15) is 0 Å². The fraction of sp³-hybridized carbons (Fsp3) is 0.312. The number of unbranched alkanes of at least 4 members (excludes halogenated alkanes) is 1. The maximum atomic E-state index is 13.0. The van der Waals surface area contributed by atoms with Crippen LogP contribution < -0.4 is 27.2 Å². The van der Waals surface area contributed by atoms with Crippen molar-refractivity contribution < 1.29 is 4.39 Å². The molecule has 1 heterocycles. The Morgan fingerprint density at radius 3 is 2.60 bits per heavy atom. The molecule has 4 N–H and O–H groups in total. The highest BCUT2D eigenvalue weighted by molar-refractivity contribution is 7.80. The zero-order chi connectivity index (χ0) is 18.6. The third-order valence-corrected chi connectivity index (χ3v) is 4.06. The minimum Gasteiger partial charge on any atom is -0.383 e. The van der Waals surface area contributed by atoms with Gasteiger partial charge in [-0.25, -0.2) is 9.18 Å². The van der Waals surface area contributed by atoms with E-state index in [-0.39, 0.29) is 22.4 Å². The Hall–Kier alpha value is -2.68. The quantitative estimate of drug-likeness (QED) is 0.701. The molecule has 0 unspecified atom stereocenters. The molecule has 0 fully saturated rings. The Balaban J connectivity index is 2.32. The van der Waals surface area contributed by atoms with E-state index < -0.39 is 11.2 Å². The van der Waals surface area contributed by atoms with Gasteiger partial charge in [0.25, 0.3) is 5.56 Å². The molecular weight excluding hydrogens is 345 g/mol. The molecule has 1 aromatic carbocycles. The highest BCUT2D eigenvalue weighted by atomic mass is 32.1. The van der Waals surface area contributed by atoms with Crippen LogP contribution in [0.3, 0.4) is 0 Å². The van der Waals surface area contributed by atoms with Crippen LogP contribution in [-0.4, -0.2) is 21.7 Å². The van der Waals surface area contributed by atoms with Crippen LogP contribution in [0, 0.1) is 5.82 Å². The topological polar surface area (TPSA) is 96.2 Å². The number of hydrogen-bond donors (Lipinski definition) is 3. The molecule has 0 spiro atoms. The summed E-state index contributed by atoms with van der Waals surface area (Å²) in [6.45, 7) is 2.39. The highest BCUT2D eigenvalue weighted by Gasteiger charge is 2.18. The summed E-state index contributed by atoms with van der Waals surface area (Å²) < 4.78 is 14.3. The van der Waals surface area contributed by atoms with Gasteiger partial charge in [0, 0.05) is 19.3 Å². The summed E-state index contributed by atoms with van der Waals surface area (Å²) in [5, 5.41) is 3.08. The van der Waals surface area contributed by atoms with Crippen molar-refractivity contribution in [3.8, 4) is 0 Å². The van der Waals surface area contributed by atoms with E-state index in [4.69, 9.17) is 18.0 Å². The van der Waals surface area contributed by atoms with Gasteiger partial charge in [0.15, 0.2) is 5.11 Å². The summed E-state index contributed by atoms with van der Waals surface area (Å²) in [7, 11) is 1.56. The first kappa shape index (κ1) is 18.7. The van der Waals surface area contributed by atoms with Crippen molar-refractivity contribution in [2.75, 3.05) is 23.0 Å². The number of aromatic amines is 1. The Labute approximate surface area is 149 Å². The second kappa shape index (κ2) is 7.93. The van der Waals surface area contributed by atoms with Crippen molar-refractivity contribution in [2.45, 2.75) is 26.3 Å². The fourth-order valence-corrected chi connectivity index (χ4v) is 2.49. The van der Waals surface area contributed by atoms with Gasteiger partial charge in [0.05, 0.1) is 0 Å². The standard InChI is InChI=1S/C16H20FN5O2S/c1-3-4-9-22-13(18)12(14(23)20-15(22)24)21(2)16(25)19-11-7-5-10(17)6-8-11/h5-8H,3-4,9,18H2,1-2H3,(H,19,25)(H,20,23,24). The maximum absolute atomic E-state index is 13.0. The second-order valence-electron chi connectivity index (χ2n) is 5.49. The summed E-state index contributed by atoms with van der Waals surface area (Å²) >= 11 is 5.28. The number of nitrogens with two attached hydrogens (primary N) is 1. The van der Waals surface area contributed by atoms with E-state index in [9.17, 15) is 14.0 Å². The number of aromatic nitrogens is 2. The monoisotopic (exact) mass is 365 g/mol. The zero-order valence-corrected chi connectivity index (χ0v) is 14.8. The molecule has 7 nitrogen and oxygen atoms in total. The Morgan fingerprint density at radius 1 is 1.36 bits per heavy atom. The Bertz CT molecular complexity index is 876. The first-order chi connectivity index (χ1) is 11.8. The van der Waals surface area contributed by atoms with Crippen LogP contribution >= 0.6 is 12.2 Å². The highest BCUT2D eigenvalue weighted by Crippen LogP contribution is 2.17. The number of benzene rings is 1. The van der Waals surface area contributed by atoms with Crippen molar-refractivity contribution in [3.63, 3.8) is 0 Å². The average Bonchev–Trinajstić information content (AvgIpc) is 2.56. The number of H-pyrrole nitrogens is 1. The number of nitrogen functional groups attached to an aromatic ring is 1. The average molecular weight is 365 g/mol. The Kier molecular flexibility index (Phi) is 5.92. The lowest BCUT2D eigenvalue weighted by molar-refractivity contribution is 0.605. The van der Waals surface area contributed by atoms with Gasteiger partial charge in [-0.1, -0.05) is 13.3 Å². The lowest BCUT2D eigenvalue weighted by Crippen LogP contribution is -2.40. The van der Waals surface area contributed by atoms with Crippen molar-refractivity contribution in [1.82, 2.24) is 9.55 Å². The van der Waals surface area contributed by atoms with Gasteiger partial charge in [0.1, 0.15) is 17.3 Å². The number of nitrogens with zero attached hydrogens (tertiary/aromatic N) is 2. The molecule has 0 saturated carbocycles. The van der Waals surface area contributed by atoms with E-state index in [1.54, 1.807) is 7.05 Å². The molecule has 1 aromatic heterocycles. The largest absolute Gasteiger partial charge is 0.383 e. The van der Waals surface area contributed by atoms with Crippen molar-refractivity contribution in [1.29, 1.82) is 0 Å². The Morgan fingerprint density at radius 2 is 2.00 bits per heavy atom. The molecule has 0 saturated heterocycles. The molecule has 0 amide bonds. The molecule has 2 rings (SSSR count). The van der Waals surface area contributed by atoms with Crippen LogP contribution in [-0.2, 0) is 6.54 Å². The third kappa shape index (κ3) is 4.24. The predicted molar refractivity (Wildman–Crippen MR) is 102 cm³/mol. The molecule has 0 bridgehead atoms. The lowest BCUT2D eigenvalue weighted by atomic mass is 10.3. The molecular formula is C16H20FN5O2S. The van der Waals surface area contributed by atoms with Gasteiger partial charge in [-0.15, -0.1) is 0 Å². The first-order valence-corrected chi connectivity index (χ1v) is 8.18. The molecule has 134 valence electrons. The summed E-state index contributed by atoms with van der Waals surface area (Å²) in [5.41, 5.74) is 5.51. The lowest BCUT2D eigenvalue weighted by Gasteiger charge is -2.23.